The Morgan fingerprint density at radius 3 is 2.17 bits per heavy atom. The van der Waals surface area contributed by atoms with Gasteiger partial charge in [-0.25, -0.2) is 0 Å². The molecule has 2 aliphatic carbocycles. The van der Waals surface area contributed by atoms with Crippen LogP contribution in [0, 0.1) is 11.8 Å². The topological polar surface area (TPSA) is 46.3 Å². The van der Waals surface area contributed by atoms with Crippen LogP contribution in [0.25, 0.3) is 0 Å². The Morgan fingerprint density at radius 2 is 1.67 bits per heavy atom. The lowest BCUT2D eigenvalue weighted by Gasteiger charge is -2.31. The van der Waals surface area contributed by atoms with Gasteiger partial charge >= 0.3 is 0 Å². The van der Waals surface area contributed by atoms with Gasteiger partial charge in [-0.2, -0.15) is 0 Å². The van der Waals surface area contributed by atoms with Crippen molar-refractivity contribution in [1.82, 2.24) is 4.90 Å². The van der Waals surface area contributed by atoms with Crippen LogP contribution in [0.3, 0.4) is 0 Å². The van der Waals surface area contributed by atoms with Gasteiger partial charge in [-0.15, -0.1) is 0 Å². The molecule has 104 valence electrons. The largest absolute Gasteiger partial charge is 0.341 e. The van der Waals surface area contributed by atoms with Gasteiger partial charge in [0, 0.05) is 25.6 Å². The number of hydrogen-bond acceptors (Lipinski definition) is 2. The highest BCUT2D eigenvalue weighted by atomic mass is 16.2. The molecule has 0 aromatic heterocycles. The van der Waals surface area contributed by atoms with E-state index in [0.29, 0.717) is 24.4 Å². The van der Waals surface area contributed by atoms with Gasteiger partial charge < -0.3 is 10.6 Å². The van der Waals surface area contributed by atoms with Crippen LogP contribution in [0.2, 0.25) is 0 Å². The van der Waals surface area contributed by atoms with Gasteiger partial charge in [0.15, 0.2) is 0 Å². The summed E-state index contributed by atoms with van der Waals surface area (Å²) in [6.45, 7) is 0.625. The molecule has 18 heavy (non-hydrogen) atoms. The first-order valence-corrected chi connectivity index (χ1v) is 7.70. The zero-order valence-electron chi connectivity index (χ0n) is 11.7. The Hall–Kier alpha value is -0.570. The molecule has 1 unspecified atom stereocenters. The number of hydrogen-bond donors (Lipinski definition) is 1. The maximum Gasteiger partial charge on any atom is 0.225 e. The SMILES string of the molecule is CN(C(=O)C1CCCCCCC1)C(CN)C1CC1. The molecule has 2 aliphatic rings. The molecule has 0 bridgehead atoms. The van der Waals surface area contributed by atoms with Crippen LogP contribution in [0.5, 0.6) is 0 Å². The van der Waals surface area contributed by atoms with E-state index in [1.54, 1.807) is 0 Å². The fourth-order valence-electron chi connectivity index (χ4n) is 3.30. The van der Waals surface area contributed by atoms with Crippen molar-refractivity contribution in [3.8, 4) is 0 Å². The molecule has 1 atom stereocenters. The van der Waals surface area contributed by atoms with Crippen LogP contribution >= 0.6 is 0 Å². The number of carbonyl (C=O) groups excluding carboxylic acids is 1. The average molecular weight is 252 g/mol. The van der Waals surface area contributed by atoms with Gasteiger partial charge in [0.1, 0.15) is 0 Å². The lowest BCUT2D eigenvalue weighted by Crippen LogP contribution is -2.45. The lowest BCUT2D eigenvalue weighted by molar-refractivity contribution is -0.137. The minimum atomic E-state index is 0.267. The van der Waals surface area contributed by atoms with Crippen molar-refractivity contribution in [1.29, 1.82) is 0 Å². The van der Waals surface area contributed by atoms with Crippen molar-refractivity contribution in [2.24, 2.45) is 17.6 Å². The summed E-state index contributed by atoms with van der Waals surface area (Å²) in [5, 5.41) is 0. The first-order chi connectivity index (χ1) is 8.74. The van der Waals surface area contributed by atoms with E-state index in [9.17, 15) is 4.79 Å². The molecule has 2 rings (SSSR count). The molecule has 3 heteroatoms. The van der Waals surface area contributed by atoms with Gasteiger partial charge in [-0.1, -0.05) is 32.1 Å². The molecule has 0 aliphatic heterocycles. The maximum absolute atomic E-state index is 12.6. The summed E-state index contributed by atoms with van der Waals surface area (Å²) < 4.78 is 0. The van der Waals surface area contributed by atoms with Crippen molar-refractivity contribution in [2.75, 3.05) is 13.6 Å². The molecule has 3 nitrogen and oxygen atoms in total. The summed E-state index contributed by atoms with van der Waals surface area (Å²) in [6.07, 6.45) is 11.1. The van der Waals surface area contributed by atoms with Crippen molar-refractivity contribution in [2.45, 2.75) is 63.8 Å². The van der Waals surface area contributed by atoms with Crippen molar-refractivity contribution in [3.05, 3.63) is 0 Å². The van der Waals surface area contributed by atoms with Crippen LogP contribution in [-0.2, 0) is 4.79 Å². The van der Waals surface area contributed by atoms with Gasteiger partial charge in [-0.05, 0) is 31.6 Å². The Balaban J connectivity index is 1.90. The Labute approximate surface area is 111 Å². The van der Waals surface area contributed by atoms with Crippen LogP contribution in [-0.4, -0.2) is 30.4 Å². The third-order valence-electron chi connectivity index (χ3n) is 4.71. The van der Waals surface area contributed by atoms with E-state index in [-0.39, 0.29) is 5.92 Å². The minimum absolute atomic E-state index is 0.267. The number of nitrogens with two attached hydrogens (primary N) is 1. The molecule has 0 aromatic carbocycles. The normalized spacial score (nSPS) is 24.1. The second-order valence-electron chi connectivity index (χ2n) is 6.13. The molecule has 1 amide bonds. The lowest BCUT2D eigenvalue weighted by atomic mass is 9.89. The number of nitrogens with zero attached hydrogens (tertiary/aromatic N) is 1. The fourth-order valence-corrected chi connectivity index (χ4v) is 3.30. The third kappa shape index (κ3) is 3.47. The van der Waals surface area contributed by atoms with Crippen molar-refractivity contribution >= 4 is 5.91 Å². The van der Waals surface area contributed by atoms with E-state index in [2.05, 4.69) is 0 Å². The highest BCUT2D eigenvalue weighted by Gasteiger charge is 2.36. The molecule has 2 saturated carbocycles. The molecule has 0 heterocycles. The van der Waals surface area contributed by atoms with E-state index in [0.717, 1.165) is 12.8 Å². The number of amides is 1. The molecule has 0 radical (unpaired) electrons. The molecule has 0 saturated heterocycles. The molecule has 0 spiro atoms. The maximum atomic E-state index is 12.6. The van der Waals surface area contributed by atoms with E-state index < -0.39 is 0 Å². The summed E-state index contributed by atoms with van der Waals surface area (Å²) in [7, 11) is 1.97. The van der Waals surface area contributed by atoms with E-state index >= 15 is 0 Å². The van der Waals surface area contributed by atoms with Gasteiger partial charge in [0.2, 0.25) is 5.91 Å². The quantitative estimate of drug-likeness (QED) is 0.835. The van der Waals surface area contributed by atoms with Crippen LogP contribution in [0.1, 0.15) is 57.8 Å². The molecular weight excluding hydrogens is 224 g/mol. The average Bonchev–Trinajstić information content (AvgIpc) is 3.13. The number of rotatable bonds is 4. The third-order valence-corrected chi connectivity index (χ3v) is 4.71. The molecule has 2 N–H and O–H groups in total. The Kier molecular flexibility index (Phi) is 5.04. The number of carbonyl (C=O) groups is 1. The van der Waals surface area contributed by atoms with Gasteiger partial charge in [0.25, 0.3) is 0 Å². The molecular formula is C15H28N2O. The zero-order valence-corrected chi connectivity index (χ0v) is 11.7. The van der Waals surface area contributed by atoms with Crippen molar-refractivity contribution in [3.63, 3.8) is 0 Å². The summed E-state index contributed by atoms with van der Waals surface area (Å²) >= 11 is 0. The second-order valence-corrected chi connectivity index (χ2v) is 6.13. The predicted octanol–water partition coefficient (Wildman–Crippen LogP) is 2.54. The van der Waals surface area contributed by atoms with E-state index in [1.807, 2.05) is 11.9 Å². The van der Waals surface area contributed by atoms with Crippen LogP contribution in [0.4, 0.5) is 0 Å². The fraction of sp³-hybridized carbons (Fsp3) is 0.933. The smallest absolute Gasteiger partial charge is 0.225 e. The summed E-state index contributed by atoms with van der Waals surface area (Å²) in [5.74, 6) is 1.31. The van der Waals surface area contributed by atoms with E-state index in [4.69, 9.17) is 5.73 Å². The van der Waals surface area contributed by atoms with Crippen LogP contribution < -0.4 is 5.73 Å². The van der Waals surface area contributed by atoms with Crippen LogP contribution in [0.15, 0.2) is 0 Å². The first-order valence-electron chi connectivity index (χ1n) is 7.70. The highest BCUT2D eigenvalue weighted by molar-refractivity contribution is 5.79. The monoisotopic (exact) mass is 252 g/mol. The summed E-state index contributed by atoms with van der Waals surface area (Å²) in [5.41, 5.74) is 5.84. The minimum Gasteiger partial charge on any atom is -0.341 e. The van der Waals surface area contributed by atoms with Gasteiger partial charge in [-0.3, -0.25) is 4.79 Å². The van der Waals surface area contributed by atoms with E-state index in [1.165, 1.54) is 44.9 Å². The number of likely N-dealkylation sites (N-methyl/N-ethyl adjacent to an activating group) is 1. The standard InChI is InChI=1S/C15H28N2O/c1-17(14(11-16)12-9-10-12)15(18)13-7-5-3-2-4-6-8-13/h12-14H,2-11,16H2,1H3. The predicted molar refractivity (Wildman–Crippen MR) is 74.1 cm³/mol. The first kappa shape index (κ1) is 13.9. The summed E-state index contributed by atoms with van der Waals surface area (Å²) in [4.78, 5) is 14.5. The Bertz CT molecular complexity index is 268. The second kappa shape index (κ2) is 6.55. The van der Waals surface area contributed by atoms with Gasteiger partial charge in [0.05, 0.1) is 0 Å². The zero-order chi connectivity index (χ0) is 13.0. The highest BCUT2D eigenvalue weighted by Crippen LogP contribution is 2.35. The molecule has 2 fully saturated rings. The Morgan fingerprint density at radius 1 is 1.11 bits per heavy atom. The molecule has 0 aromatic rings. The van der Waals surface area contributed by atoms with Crippen molar-refractivity contribution < 1.29 is 4.79 Å². The summed E-state index contributed by atoms with van der Waals surface area (Å²) in [6, 6.07) is 0.294.